The summed E-state index contributed by atoms with van der Waals surface area (Å²) in [5.74, 6) is -0.339. The largest absolute Gasteiger partial charge is 0.469 e. The Hall–Kier alpha value is -2.04. The van der Waals surface area contributed by atoms with Crippen LogP contribution in [-0.4, -0.2) is 36.9 Å². The van der Waals surface area contributed by atoms with Gasteiger partial charge in [-0.1, -0.05) is 39.6 Å². The molecule has 0 radical (unpaired) electrons. The van der Waals surface area contributed by atoms with Crippen molar-refractivity contribution in [2.45, 2.75) is 24.1 Å². The number of alkyl halides is 2. The Morgan fingerprint density at radius 2 is 1.82 bits per heavy atom. The van der Waals surface area contributed by atoms with Crippen molar-refractivity contribution in [3.05, 3.63) is 53.6 Å². The number of hydrogen-bond acceptors (Lipinski definition) is 4. The van der Waals surface area contributed by atoms with Crippen LogP contribution in [0.2, 0.25) is 0 Å². The fourth-order valence-electron chi connectivity index (χ4n) is 4.34. The first kappa shape index (κ1) is 19.3. The van der Waals surface area contributed by atoms with Crippen LogP contribution in [0.4, 0.5) is 14.5 Å². The molecule has 1 fully saturated rings. The summed E-state index contributed by atoms with van der Waals surface area (Å²) in [6.45, 7) is 1.25. The minimum atomic E-state index is -3.43. The second-order valence-electron chi connectivity index (χ2n) is 7.39. The highest BCUT2D eigenvalue weighted by molar-refractivity contribution is 7.18. The van der Waals surface area contributed by atoms with E-state index in [1.807, 2.05) is 6.07 Å². The molecule has 4 nitrogen and oxygen atoms in total. The number of carbonyl (C=O) groups excluding carboxylic acids is 1. The van der Waals surface area contributed by atoms with E-state index in [4.69, 9.17) is 4.74 Å². The van der Waals surface area contributed by atoms with E-state index < -0.39 is 11.3 Å². The number of benzene rings is 2. The Labute approximate surface area is 164 Å². The van der Waals surface area contributed by atoms with Crippen molar-refractivity contribution in [1.82, 2.24) is 0 Å². The molecule has 0 aromatic heterocycles. The Kier molecular flexibility index (Phi) is 4.67. The lowest BCUT2D eigenvalue weighted by molar-refractivity contribution is -0.146. The van der Waals surface area contributed by atoms with Gasteiger partial charge in [0.15, 0.2) is 5.60 Å². The van der Waals surface area contributed by atoms with E-state index in [0.717, 1.165) is 5.69 Å². The fourth-order valence-corrected chi connectivity index (χ4v) is 4.65. The highest BCUT2D eigenvalue weighted by Crippen LogP contribution is 2.57. The summed E-state index contributed by atoms with van der Waals surface area (Å²) in [6, 6.07) is 12.1. The summed E-state index contributed by atoms with van der Waals surface area (Å²) in [5.41, 5.74) is -3.39. The second-order valence-corrected chi connectivity index (χ2v) is 8.12. The minimum absolute atomic E-state index is 0.131. The number of ether oxygens (including phenoxy) is 1. The monoisotopic (exact) mass is 405 g/mol. The van der Waals surface area contributed by atoms with Crippen LogP contribution in [0.5, 0.6) is 0 Å². The number of piperidine rings is 1. The SMILES string of the molecule is COC(=O)C1CCN(c2ccc3c(c2)C(O)(C(F)(F)P)c2ccccc2-3)CC1. The summed E-state index contributed by atoms with van der Waals surface area (Å²) in [4.78, 5) is 13.8. The lowest BCUT2D eigenvalue weighted by Crippen LogP contribution is -2.41. The number of esters is 1. The first-order valence-electron chi connectivity index (χ1n) is 9.23. The van der Waals surface area contributed by atoms with Crippen molar-refractivity contribution in [3.8, 4) is 11.1 Å². The van der Waals surface area contributed by atoms with Gasteiger partial charge in [0.05, 0.1) is 13.0 Å². The van der Waals surface area contributed by atoms with Gasteiger partial charge in [0, 0.05) is 29.9 Å². The van der Waals surface area contributed by atoms with Gasteiger partial charge in [-0.15, -0.1) is 0 Å². The first-order valence-corrected chi connectivity index (χ1v) is 9.81. The molecular weight excluding hydrogens is 383 g/mol. The van der Waals surface area contributed by atoms with Gasteiger partial charge < -0.3 is 14.7 Å². The van der Waals surface area contributed by atoms with E-state index >= 15 is 0 Å². The number of nitrogens with zero attached hydrogens (tertiary/aromatic N) is 1. The minimum Gasteiger partial charge on any atom is -0.469 e. The predicted octanol–water partition coefficient (Wildman–Crippen LogP) is 3.76. The topological polar surface area (TPSA) is 49.8 Å². The molecule has 0 bridgehead atoms. The molecule has 0 amide bonds. The smallest absolute Gasteiger partial charge is 0.308 e. The number of hydrogen-bond donors (Lipinski definition) is 1. The summed E-state index contributed by atoms with van der Waals surface area (Å²) in [5, 5.41) is 11.2. The maximum atomic E-state index is 14.6. The Morgan fingerprint density at radius 3 is 2.46 bits per heavy atom. The highest BCUT2D eigenvalue weighted by atomic mass is 31.0. The molecule has 28 heavy (non-hydrogen) atoms. The third-order valence-electron chi connectivity index (χ3n) is 5.88. The van der Waals surface area contributed by atoms with E-state index in [-0.39, 0.29) is 23.0 Å². The molecular formula is C21H22F2NO3P. The second kappa shape index (κ2) is 6.78. The molecule has 1 heterocycles. The van der Waals surface area contributed by atoms with Crippen molar-refractivity contribution in [1.29, 1.82) is 0 Å². The average Bonchev–Trinajstić information content (AvgIpc) is 2.97. The summed E-state index contributed by atoms with van der Waals surface area (Å²) < 4.78 is 34.0. The molecule has 2 aromatic carbocycles. The van der Waals surface area contributed by atoms with Crippen molar-refractivity contribution >= 4 is 20.9 Å². The van der Waals surface area contributed by atoms with Crippen LogP contribution in [0.1, 0.15) is 24.0 Å². The number of methoxy groups -OCH3 is 1. The van der Waals surface area contributed by atoms with E-state index in [0.29, 0.717) is 37.1 Å². The third kappa shape index (κ3) is 2.82. The number of fused-ring (bicyclic) bond motifs is 3. The number of aliphatic hydroxyl groups is 1. The molecule has 0 spiro atoms. The lowest BCUT2D eigenvalue weighted by Gasteiger charge is -2.35. The van der Waals surface area contributed by atoms with Crippen LogP contribution in [0.3, 0.4) is 0 Å². The fraction of sp³-hybridized carbons (Fsp3) is 0.381. The van der Waals surface area contributed by atoms with Crippen LogP contribution in [0.25, 0.3) is 11.1 Å². The summed E-state index contributed by atoms with van der Waals surface area (Å²) in [7, 11) is 2.88. The van der Waals surface area contributed by atoms with Crippen molar-refractivity contribution in [2.75, 3.05) is 25.1 Å². The van der Waals surface area contributed by atoms with E-state index in [1.54, 1.807) is 36.4 Å². The molecule has 148 valence electrons. The zero-order valence-electron chi connectivity index (χ0n) is 15.5. The van der Waals surface area contributed by atoms with Gasteiger partial charge in [-0.2, -0.15) is 8.78 Å². The van der Waals surface area contributed by atoms with E-state index in [9.17, 15) is 18.7 Å². The van der Waals surface area contributed by atoms with E-state index in [1.165, 1.54) is 16.3 Å². The standard InChI is InChI=1S/C21H22F2NO3P/c1-27-19(25)13-8-10-24(11-9-13)14-6-7-16-15-4-2-3-5-17(15)20(26,18(16)12-14)21(22,23)28/h2-7,12-13,26H,8-11,28H2,1H3. The van der Waals surface area contributed by atoms with Crippen LogP contribution in [0.15, 0.2) is 42.5 Å². The predicted molar refractivity (Wildman–Crippen MR) is 106 cm³/mol. The zero-order valence-corrected chi connectivity index (χ0v) is 16.6. The molecule has 2 aliphatic rings. The molecule has 0 saturated carbocycles. The summed E-state index contributed by atoms with van der Waals surface area (Å²) in [6.07, 6.45) is 1.29. The van der Waals surface area contributed by atoms with Gasteiger partial charge in [0.25, 0.3) is 5.66 Å². The van der Waals surface area contributed by atoms with Gasteiger partial charge in [0.2, 0.25) is 0 Å². The van der Waals surface area contributed by atoms with Crippen LogP contribution in [0, 0.1) is 5.92 Å². The van der Waals surface area contributed by atoms with Gasteiger partial charge in [0.1, 0.15) is 0 Å². The van der Waals surface area contributed by atoms with Crippen LogP contribution >= 0.6 is 9.24 Å². The van der Waals surface area contributed by atoms with E-state index in [2.05, 4.69) is 4.90 Å². The number of anilines is 1. The van der Waals surface area contributed by atoms with Gasteiger partial charge >= 0.3 is 5.97 Å². The van der Waals surface area contributed by atoms with Crippen LogP contribution < -0.4 is 4.90 Å². The van der Waals surface area contributed by atoms with Crippen molar-refractivity contribution < 1.29 is 23.4 Å². The van der Waals surface area contributed by atoms with Crippen molar-refractivity contribution in [2.24, 2.45) is 5.92 Å². The molecule has 2 atom stereocenters. The first-order chi connectivity index (χ1) is 13.3. The summed E-state index contributed by atoms with van der Waals surface area (Å²) >= 11 is 0. The van der Waals surface area contributed by atoms with Crippen LogP contribution in [-0.2, 0) is 15.1 Å². The molecule has 1 saturated heterocycles. The average molecular weight is 405 g/mol. The lowest BCUT2D eigenvalue weighted by atomic mass is 9.90. The highest BCUT2D eigenvalue weighted by Gasteiger charge is 2.57. The zero-order chi connectivity index (χ0) is 20.1. The quantitative estimate of drug-likeness (QED) is 0.624. The maximum absolute atomic E-state index is 14.6. The molecule has 7 heteroatoms. The van der Waals surface area contributed by atoms with Gasteiger partial charge in [-0.3, -0.25) is 4.79 Å². The molecule has 1 aliphatic carbocycles. The molecule has 1 aliphatic heterocycles. The third-order valence-corrected chi connectivity index (χ3v) is 6.29. The molecule has 1 N–H and O–H groups in total. The van der Waals surface area contributed by atoms with Gasteiger partial charge in [-0.05, 0) is 36.1 Å². The Balaban J connectivity index is 1.71. The molecule has 4 rings (SSSR count). The Bertz CT molecular complexity index is 922. The van der Waals surface area contributed by atoms with Crippen molar-refractivity contribution in [3.63, 3.8) is 0 Å². The normalized spacial score (nSPS) is 22.0. The molecule has 2 unspecified atom stereocenters. The van der Waals surface area contributed by atoms with Gasteiger partial charge in [-0.25, -0.2) is 0 Å². The number of halogens is 2. The molecule has 2 aromatic rings. The Morgan fingerprint density at radius 1 is 1.18 bits per heavy atom. The maximum Gasteiger partial charge on any atom is 0.308 e. The number of carbonyl (C=O) groups is 1. The number of rotatable bonds is 3.